The van der Waals surface area contributed by atoms with E-state index in [-0.39, 0.29) is 11.1 Å². The van der Waals surface area contributed by atoms with E-state index in [0.717, 1.165) is 29.5 Å². The molecule has 3 heterocycles. The Bertz CT molecular complexity index is 1390. The van der Waals surface area contributed by atoms with Crippen LogP contribution in [0.1, 0.15) is 29.1 Å². The number of fused-ring (bicyclic) bond motifs is 4. The van der Waals surface area contributed by atoms with Crippen LogP contribution in [0.2, 0.25) is 0 Å². The van der Waals surface area contributed by atoms with Crippen LogP contribution in [0.15, 0.2) is 39.0 Å². The van der Waals surface area contributed by atoms with Gasteiger partial charge in [0, 0.05) is 12.0 Å². The number of hydrogen-bond donors (Lipinski definition) is 1. The van der Waals surface area contributed by atoms with E-state index in [2.05, 4.69) is 4.98 Å². The molecule has 31 heavy (non-hydrogen) atoms. The van der Waals surface area contributed by atoms with Crippen LogP contribution in [0, 0.1) is 0 Å². The molecule has 5 rings (SSSR count). The van der Waals surface area contributed by atoms with Gasteiger partial charge in [0.25, 0.3) is 11.1 Å². The lowest BCUT2D eigenvalue weighted by Gasteiger charge is -2.12. The Kier molecular flexibility index (Phi) is 5.64. The van der Waals surface area contributed by atoms with E-state index in [1.807, 2.05) is 18.2 Å². The van der Waals surface area contributed by atoms with Crippen molar-refractivity contribution >= 4 is 44.2 Å². The number of aromatic nitrogens is 4. The highest BCUT2D eigenvalue weighted by Crippen LogP contribution is 2.33. The van der Waals surface area contributed by atoms with Crippen LogP contribution in [-0.2, 0) is 29.9 Å². The largest absolute Gasteiger partial charge is 0.383 e. The van der Waals surface area contributed by atoms with Crippen LogP contribution >= 0.6 is 23.1 Å². The summed E-state index contributed by atoms with van der Waals surface area (Å²) in [5.74, 6) is 1.02. The summed E-state index contributed by atoms with van der Waals surface area (Å²) in [5, 5.41) is 1.93. The maximum absolute atomic E-state index is 13.0. The van der Waals surface area contributed by atoms with Gasteiger partial charge in [0.05, 0.1) is 35.2 Å². The van der Waals surface area contributed by atoms with Gasteiger partial charge in [0.1, 0.15) is 10.7 Å². The van der Waals surface area contributed by atoms with Gasteiger partial charge in [-0.05, 0) is 43.4 Å². The summed E-state index contributed by atoms with van der Waals surface area (Å²) in [5.41, 5.74) is 1.69. The molecule has 0 saturated carbocycles. The number of hydrogen-bond acceptors (Lipinski definition) is 7. The first kappa shape index (κ1) is 20.4. The summed E-state index contributed by atoms with van der Waals surface area (Å²) < 4.78 is 6.82. The molecule has 0 radical (unpaired) electrons. The first-order chi connectivity index (χ1) is 15.2. The van der Waals surface area contributed by atoms with E-state index in [9.17, 15) is 9.59 Å². The van der Waals surface area contributed by atoms with Crippen LogP contribution in [0.25, 0.3) is 21.1 Å². The number of rotatable bonds is 6. The Morgan fingerprint density at radius 3 is 2.90 bits per heavy atom. The monoisotopic (exact) mass is 454 g/mol. The van der Waals surface area contributed by atoms with E-state index >= 15 is 0 Å². The third-order valence-electron chi connectivity index (χ3n) is 5.56. The molecule has 0 fully saturated rings. The van der Waals surface area contributed by atoms with Gasteiger partial charge >= 0.3 is 0 Å². The summed E-state index contributed by atoms with van der Waals surface area (Å²) in [7, 11) is 1.61. The zero-order valence-corrected chi connectivity index (χ0v) is 18.8. The third kappa shape index (κ3) is 3.81. The van der Waals surface area contributed by atoms with Crippen molar-refractivity contribution in [2.24, 2.45) is 0 Å². The summed E-state index contributed by atoms with van der Waals surface area (Å²) in [6, 6.07) is 7.33. The van der Waals surface area contributed by atoms with Gasteiger partial charge in [0.15, 0.2) is 5.16 Å². The van der Waals surface area contributed by atoms with E-state index in [1.54, 1.807) is 29.1 Å². The first-order valence-corrected chi connectivity index (χ1v) is 12.1. The Balaban J connectivity index is 1.50. The number of ether oxygens (including phenoxy) is 1. The zero-order chi connectivity index (χ0) is 21.4. The average Bonchev–Trinajstić information content (AvgIpc) is 3.16. The molecule has 1 aliphatic rings. The molecule has 160 valence electrons. The van der Waals surface area contributed by atoms with Crippen molar-refractivity contribution in [1.82, 2.24) is 19.5 Å². The summed E-state index contributed by atoms with van der Waals surface area (Å²) >= 11 is 3.04. The van der Waals surface area contributed by atoms with Gasteiger partial charge in [-0.25, -0.2) is 9.97 Å². The Labute approximate surface area is 186 Å². The Morgan fingerprint density at radius 2 is 2.03 bits per heavy atom. The molecule has 3 aromatic heterocycles. The summed E-state index contributed by atoms with van der Waals surface area (Å²) in [4.78, 5) is 40.3. The predicted octanol–water partition coefficient (Wildman–Crippen LogP) is 3.51. The zero-order valence-electron chi connectivity index (χ0n) is 17.1. The number of benzene rings is 1. The number of H-pyrrole nitrogens is 1. The number of aromatic amines is 1. The number of methoxy groups -OCH3 is 1. The topological polar surface area (TPSA) is 89.9 Å². The Morgan fingerprint density at radius 1 is 1.19 bits per heavy atom. The van der Waals surface area contributed by atoms with Crippen LogP contribution in [0.5, 0.6) is 0 Å². The highest BCUT2D eigenvalue weighted by molar-refractivity contribution is 7.98. The van der Waals surface area contributed by atoms with E-state index in [1.165, 1.54) is 28.6 Å². The number of para-hydroxylation sites is 1. The predicted molar refractivity (Wildman–Crippen MR) is 124 cm³/mol. The molecule has 0 spiro atoms. The van der Waals surface area contributed by atoms with Gasteiger partial charge in [-0.3, -0.25) is 14.2 Å². The van der Waals surface area contributed by atoms with Gasteiger partial charge < -0.3 is 9.72 Å². The molecule has 1 aliphatic carbocycles. The fraction of sp³-hybridized carbons (Fsp3) is 0.364. The maximum Gasteiger partial charge on any atom is 0.262 e. The van der Waals surface area contributed by atoms with Gasteiger partial charge in [-0.15, -0.1) is 11.3 Å². The lowest BCUT2D eigenvalue weighted by atomic mass is 9.97. The lowest BCUT2D eigenvalue weighted by molar-refractivity contribution is 0.183. The minimum absolute atomic E-state index is 0.0664. The molecule has 1 N–H and O–H groups in total. The number of thiophene rings is 1. The molecule has 0 amide bonds. The molecule has 0 atom stereocenters. The number of aryl methyl sites for hydroxylation is 2. The summed E-state index contributed by atoms with van der Waals surface area (Å²) in [6.07, 6.45) is 4.29. The minimum atomic E-state index is -0.0898. The van der Waals surface area contributed by atoms with Crippen LogP contribution in [0.4, 0.5) is 0 Å². The molecule has 1 aromatic carbocycles. The van der Waals surface area contributed by atoms with Gasteiger partial charge in [-0.1, -0.05) is 23.9 Å². The molecule has 4 aromatic rings. The molecule has 9 heteroatoms. The molecule has 0 unspecified atom stereocenters. The average molecular weight is 455 g/mol. The van der Waals surface area contributed by atoms with Crippen molar-refractivity contribution in [1.29, 1.82) is 0 Å². The molecule has 7 nitrogen and oxygen atoms in total. The van der Waals surface area contributed by atoms with Crippen molar-refractivity contribution in [2.75, 3.05) is 13.7 Å². The maximum atomic E-state index is 13.0. The second kappa shape index (κ2) is 8.57. The number of thioether (sulfide) groups is 1. The van der Waals surface area contributed by atoms with E-state index < -0.39 is 0 Å². The van der Waals surface area contributed by atoms with Crippen molar-refractivity contribution in [3.8, 4) is 0 Å². The molecular weight excluding hydrogens is 432 g/mol. The standard InChI is InChI=1S/C22H22N4O3S2/c1-29-11-10-26-21(28)13-6-2-4-8-15(13)23-22(26)30-12-17-24-19(27)18-14-7-3-5-9-16(14)31-20(18)25-17/h2,4,6,8H,3,5,7,9-12H2,1H3,(H,24,25,27). The van der Waals surface area contributed by atoms with Crippen LogP contribution in [-0.4, -0.2) is 33.2 Å². The molecule has 0 aliphatic heterocycles. The minimum Gasteiger partial charge on any atom is -0.383 e. The lowest BCUT2D eigenvalue weighted by Crippen LogP contribution is -2.25. The second-order valence-corrected chi connectivity index (χ2v) is 9.58. The Hall–Kier alpha value is -2.49. The highest BCUT2D eigenvalue weighted by Gasteiger charge is 2.20. The molecule has 0 bridgehead atoms. The van der Waals surface area contributed by atoms with Crippen LogP contribution in [0.3, 0.4) is 0 Å². The number of nitrogens with zero attached hydrogens (tertiary/aromatic N) is 3. The number of nitrogens with one attached hydrogen (secondary N) is 1. The van der Waals surface area contributed by atoms with Crippen molar-refractivity contribution in [3.63, 3.8) is 0 Å². The smallest absolute Gasteiger partial charge is 0.262 e. The highest BCUT2D eigenvalue weighted by atomic mass is 32.2. The molecule has 0 saturated heterocycles. The first-order valence-electron chi connectivity index (χ1n) is 10.3. The fourth-order valence-electron chi connectivity index (χ4n) is 4.05. The van der Waals surface area contributed by atoms with Crippen molar-refractivity contribution in [3.05, 3.63) is 61.2 Å². The fourth-order valence-corrected chi connectivity index (χ4v) is 6.22. The van der Waals surface area contributed by atoms with Crippen molar-refractivity contribution in [2.45, 2.75) is 43.1 Å². The van der Waals surface area contributed by atoms with E-state index in [4.69, 9.17) is 14.7 Å². The second-order valence-electron chi connectivity index (χ2n) is 7.55. The van der Waals surface area contributed by atoms with Gasteiger partial charge in [0.2, 0.25) is 0 Å². The molecular formula is C22H22N4O3S2. The third-order valence-corrected chi connectivity index (χ3v) is 7.73. The SMILES string of the molecule is COCCn1c(SCc2nc3sc4c(c3c(=O)[nH]2)CCCC4)nc2ccccc2c1=O. The van der Waals surface area contributed by atoms with E-state index in [0.29, 0.717) is 40.8 Å². The van der Waals surface area contributed by atoms with Crippen LogP contribution < -0.4 is 11.1 Å². The normalized spacial score (nSPS) is 13.7. The quantitative estimate of drug-likeness (QED) is 0.354. The van der Waals surface area contributed by atoms with Crippen molar-refractivity contribution < 1.29 is 4.74 Å². The van der Waals surface area contributed by atoms with Gasteiger partial charge in [-0.2, -0.15) is 0 Å². The summed E-state index contributed by atoms with van der Waals surface area (Å²) in [6.45, 7) is 0.825.